The number of likely N-dealkylation sites (tertiary alicyclic amines) is 1. The summed E-state index contributed by atoms with van der Waals surface area (Å²) in [4.78, 5) is 32.0. The summed E-state index contributed by atoms with van der Waals surface area (Å²) in [5.74, 6) is 1.05. The van der Waals surface area contributed by atoms with Crippen molar-refractivity contribution in [3.05, 3.63) is 39.9 Å². The fourth-order valence-electron chi connectivity index (χ4n) is 3.80. The van der Waals surface area contributed by atoms with Crippen molar-refractivity contribution in [1.29, 1.82) is 0 Å². The van der Waals surface area contributed by atoms with Crippen LogP contribution in [0.15, 0.2) is 29.3 Å². The van der Waals surface area contributed by atoms with Crippen LogP contribution in [0.5, 0.6) is 0 Å². The Balaban J connectivity index is 0.00000363. The molecule has 10 nitrogen and oxygen atoms in total. The molecule has 2 aliphatic rings. The Bertz CT molecular complexity index is 762. The van der Waals surface area contributed by atoms with Crippen molar-refractivity contribution < 1.29 is 19.2 Å². The molecule has 2 fully saturated rings. The molecule has 0 unspecified atom stereocenters. The summed E-state index contributed by atoms with van der Waals surface area (Å²) >= 11 is 0. The van der Waals surface area contributed by atoms with E-state index in [1.54, 1.807) is 19.2 Å². The van der Waals surface area contributed by atoms with E-state index in [1.807, 2.05) is 4.90 Å². The van der Waals surface area contributed by atoms with Gasteiger partial charge < -0.3 is 24.6 Å². The first-order valence-electron chi connectivity index (χ1n) is 10.7. The minimum absolute atomic E-state index is 0. The number of hydrogen-bond donors (Lipinski definition) is 1. The number of carbonyl (C=O) groups is 1. The van der Waals surface area contributed by atoms with Crippen molar-refractivity contribution >= 4 is 41.5 Å². The number of nitrogens with zero attached hydrogens (tertiary/aromatic N) is 4. The average Bonchev–Trinajstić information content (AvgIpc) is 2.82. The van der Waals surface area contributed by atoms with Crippen LogP contribution in [0, 0.1) is 16.0 Å². The standard InChI is InChI=1S/C21H31N5O5.HI/c1-30-13-8-22-21(23-16-17-2-4-19(5-3-17)26(28)29)25-9-6-18(7-10-25)20(27)24-11-14-31-15-12-24;/h2-5,18H,6-16H2,1H3,(H,22,23);1H. The fraction of sp³-hybridized carbons (Fsp3) is 0.619. The van der Waals surface area contributed by atoms with Gasteiger partial charge in [-0.25, -0.2) is 4.99 Å². The van der Waals surface area contributed by atoms with Crippen molar-refractivity contribution in [3.63, 3.8) is 0 Å². The van der Waals surface area contributed by atoms with Gasteiger partial charge in [-0.2, -0.15) is 0 Å². The van der Waals surface area contributed by atoms with Gasteiger partial charge in [-0.15, -0.1) is 24.0 Å². The van der Waals surface area contributed by atoms with Crippen LogP contribution in [0.1, 0.15) is 18.4 Å². The van der Waals surface area contributed by atoms with Crippen LogP contribution in [0.2, 0.25) is 0 Å². The van der Waals surface area contributed by atoms with Gasteiger partial charge in [0.25, 0.3) is 5.69 Å². The predicted octanol–water partition coefficient (Wildman–Crippen LogP) is 1.88. The topological polar surface area (TPSA) is 110 Å². The van der Waals surface area contributed by atoms with Crippen molar-refractivity contribution in [2.45, 2.75) is 19.4 Å². The van der Waals surface area contributed by atoms with E-state index in [0.717, 1.165) is 37.5 Å². The van der Waals surface area contributed by atoms with Crippen LogP contribution in [0.4, 0.5) is 5.69 Å². The molecule has 0 aromatic heterocycles. The molecule has 1 amide bonds. The molecular weight excluding hydrogens is 529 g/mol. The number of morpholine rings is 1. The Morgan fingerprint density at radius 1 is 1.19 bits per heavy atom. The molecule has 2 saturated heterocycles. The number of carbonyl (C=O) groups excluding carboxylic acids is 1. The van der Waals surface area contributed by atoms with Gasteiger partial charge in [0.05, 0.1) is 31.3 Å². The molecule has 0 aliphatic carbocycles. The number of non-ortho nitro benzene ring substituents is 1. The number of guanidine groups is 1. The van der Waals surface area contributed by atoms with Gasteiger partial charge in [0.2, 0.25) is 5.91 Å². The molecule has 0 atom stereocenters. The maximum atomic E-state index is 12.8. The molecule has 1 N–H and O–H groups in total. The van der Waals surface area contributed by atoms with Crippen molar-refractivity contribution in [3.8, 4) is 0 Å². The predicted molar refractivity (Wildman–Crippen MR) is 131 cm³/mol. The van der Waals surface area contributed by atoms with Crippen LogP contribution >= 0.6 is 24.0 Å². The number of hydrogen-bond acceptors (Lipinski definition) is 6. The summed E-state index contributed by atoms with van der Waals surface area (Å²) in [5.41, 5.74) is 0.965. The van der Waals surface area contributed by atoms with Gasteiger partial charge in [-0.3, -0.25) is 14.9 Å². The number of rotatable bonds is 7. The highest BCUT2D eigenvalue weighted by Gasteiger charge is 2.30. The molecule has 3 rings (SSSR count). The number of piperidine rings is 1. The fourth-order valence-corrected chi connectivity index (χ4v) is 3.80. The lowest BCUT2D eigenvalue weighted by Gasteiger charge is -2.36. The van der Waals surface area contributed by atoms with Crippen LogP contribution in [0.3, 0.4) is 0 Å². The molecule has 0 spiro atoms. The van der Waals surface area contributed by atoms with Crippen LogP contribution in [0.25, 0.3) is 0 Å². The van der Waals surface area contributed by atoms with Crippen LogP contribution in [-0.2, 0) is 20.8 Å². The SMILES string of the molecule is COCCNC(=NCc1ccc([N+](=O)[O-])cc1)N1CCC(C(=O)N2CCOCC2)CC1.I. The molecule has 1 aromatic rings. The number of nitrogens with one attached hydrogen (secondary N) is 1. The Labute approximate surface area is 205 Å². The van der Waals surface area contributed by atoms with E-state index in [-0.39, 0.29) is 41.5 Å². The van der Waals surface area contributed by atoms with E-state index in [2.05, 4.69) is 10.2 Å². The minimum Gasteiger partial charge on any atom is -0.383 e. The molecule has 1 aromatic carbocycles. The van der Waals surface area contributed by atoms with E-state index in [1.165, 1.54) is 12.1 Å². The molecule has 178 valence electrons. The molecule has 0 saturated carbocycles. The number of aliphatic imine (C=N–C) groups is 1. The summed E-state index contributed by atoms with van der Waals surface area (Å²) in [6.45, 7) is 5.70. The first-order chi connectivity index (χ1) is 15.1. The number of ether oxygens (including phenoxy) is 2. The van der Waals surface area contributed by atoms with Gasteiger partial charge in [0, 0.05) is 57.9 Å². The Hall–Kier alpha value is -1.99. The zero-order chi connectivity index (χ0) is 22.1. The zero-order valence-corrected chi connectivity index (χ0v) is 20.7. The number of amides is 1. The molecule has 2 aliphatic heterocycles. The second-order valence-corrected chi connectivity index (χ2v) is 7.68. The summed E-state index contributed by atoms with van der Waals surface area (Å²) in [5, 5.41) is 14.2. The molecular formula is C21H32IN5O5. The van der Waals surface area contributed by atoms with E-state index in [4.69, 9.17) is 14.5 Å². The molecule has 32 heavy (non-hydrogen) atoms. The highest BCUT2D eigenvalue weighted by atomic mass is 127. The number of halogens is 1. The Kier molecular flexibility index (Phi) is 11.1. The molecule has 0 radical (unpaired) electrons. The van der Waals surface area contributed by atoms with E-state index in [0.29, 0.717) is 46.0 Å². The van der Waals surface area contributed by atoms with Gasteiger partial charge in [-0.1, -0.05) is 12.1 Å². The number of benzene rings is 1. The van der Waals surface area contributed by atoms with E-state index in [9.17, 15) is 14.9 Å². The first-order valence-corrected chi connectivity index (χ1v) is 10.7. The smallest absolute Gasteiger partial charge is 0.269 e. The summed E-state index contributed by atoms with van der Waals surface area (Å²) < 4.78 is 10.5. The van der Waals surface area contributed by atoms with Gasteiger partial charge in [0.15, 0.2) is 5.96 Å². The summed E-state index contributed by atoms with van der Waals surface area (Å²) in [6.07, 6.45) is 1.58. The third-order valence-corrected chi connectivity index (χ3v) is 5.61. The number of nitro benzene ring substituents is 1. The van der Waals surface area contributed by atoms with Crippen molar-refractivity contribution in [1.82, 2.24) is 15.1 Å². The average molecular weight is 561 g/mol. The van der Waals surface area contributed by atoms with Gasteiger partial charge in [-0.05, 0) is 18.4 Å². The van der Waals surface area contributed by atoms with Gasteiger partial charge >= 0.3 is 0 Å². The Morgan fingerprint density at radius 2 is 1.84 bits per heavy atom. The summed E-state index contributed by atoms with van der Waals surface area (Å²) in [6, 6.07) is 6.43. The second-order valence-electron chi connectivity index (χ2n) is 7.68. The Morgan fingerprint density at radius 3 is 2.44 bits per heavy atom. The quantitative estimate of drug-likeness (QED) is 0.135. The van der Waals surface area contributed by atoms with Crippen molar-refractivity contribution in [2.24, 2.45) is 10.9 Å². The second kappa shape index (κ2) is 13.5. The van der Waals surface area contributed by atoms with Gasteiger partial charge in [0.1, 0.15) is 0 Å². The van der Waals surface area contributed by atoms with E-state index < -0.39 is 4.92 Å². The molecule has 11 heteroatoms. The van der Waals surface area contributed by atoms with Crippen LogP contribution < -0.4 is 5.32 Å². The third-order valence-electron chi connectivity index (χ3n) is 5.61. The minimum atomic E-state index is -0.410. The lowest BCUT2D eigenvalue weighted by atomic mass is 9.95. The third kappa shape index (κ3) is 7.55. The lowest BCUT2D eigenvalue weighted by Crippen LogP contribution is -2.50. The van der Waals surface area contributed by atoms with Crippen LogP contribution in [-0.4, -0.2) is 86.2 Å². The maximum Gasteiger partial charge on any atom is 0.269 e. The summed E-state index contributed by atoms with van der Waals surface area (Å²) in [7, 11) is 1.65. The first kappa shape index (κ1) is 26.3. The monoisotopic (exact) mass is 561 g/mol. The van der Waals surface area contributed by atoms with Crippen molar-refractivity contribution in [2.75, 3.05) is 59.7 Å². The number of nitro groups is 1. The normalized spacial score (nSPS) is 17.6. The lowest BCUT2D eigenvalue weighted by molar-refractivity contribution is -0.384. The maximum absolute atomic E-state index is 12.8. The highest BCUT2D eigenvalue weighted by Crippen LogP contribution is 2.21. The van der Waals surface area contributed by atoms with E-state index >= 15 is 0 Å². The molecule has 2 heterocycles. The zero-order valence-electron chi connectivity index (χ0n) is 18.4. The molecule has 0 bridgehead atoms. The highest BCUT2D eigenvalue weighted by molar-refractivity contribution is 14.0. The number of methoxy groups -OCH3 is 1. The largest absolute Gasteiger partial charge is 0.383 e.